The second-order valence-corrected chi connectivity index (χ2v) is 11.1. The first kappa shape index (κ1) is 28.9. The first-order valence-corrected chi connectivity index (χ1v) is 13.4. The number of alkyl halides is 3. The van der Waals surface area contributed by atoms with Crippen LogP contribution in [-0.2, 0) is 17.5 Å². The molecule has 3 aromatic rings. The van der Waals surface area contributed by atoms with Crippen LogP contribution in [0.1, 0.15) is 74.1 Å². The number of ketones is 1. The number of nitrogens with zero attached hydrogens (tertiary/aromatic N) is 1. The highest BCUT2D eigenvalue weighted by Gasteiger charge is 2.30. The van der Waals surface area contributed by atoms with Gasteiger partial charge in [-0.3, -0.25) is 9.69 Å². The smallest absolute Gasteiger partial charge is 0.299 e. The summed E-state index contributed by atoms with van der Waals surface area (Å²) in [6.07, 6.45) is -2.08. The zero-order valence-corrected chi connectivity index (χ0v) is 22.5. The van der Waals surface area contributed by atoms with Gasteiger partial charge in [0.05, 0.1) is 5.56 Å². The molecule has 0 N–H and O–H groups in total. The molecule has 0 aromatic heterocycles. The molecule has 1 saturated heterocycles. The van der Waals surface area contributed by atoms with Gasteiger partial charge in [0.15, 0.2) is 0 Å². The zero-order valence-electron chi connectivity index (χ0n) is 22.5. The molecular weight excluding hydrogens is 509 g/mol. The molecule has 1 unspecified atom stereocenters. The highest BCUT2D eigenvalue weighted by Crippen LogP contribution is 2.37. The number of Topliss-reactive ketones (excluding diaryl/α,β-unsaturated/α-hetero) is 1. The van der Waals surface area contributed by atoms with E-state index in [1.807, 2.05) is 12.1 Å². The third-order valence-electron chi connectivity index (χ3n) is 7.51. The zero-order chi connectivity index (χ0) is 28.3. The lowest BCUT2D eigenvalue weighted by Gasteiger charge is -2.33. The molecule has 0 amide bonds. The fraction of sp³-hybridized carbons (Fsp3) is 0.406. The van der Waals surface area contributed by atoms with Crippen molar-refractivity contribution in [3.8, 4) is 11.1 Å². The van der Waals surface area contributed by atoms with Crippen LogP contribution in [0, 0.1) is 17.6 Å². The summed E-state index contributed by atoms with van der Waals surface area (Å²) in [6, 6.07) is 14.8. The third kappa shape index (κ3) is 7.53. The Morgan fingerprint density at radius 3 is 2.05 bits per heavy atom. The lowest BCUT2D eigenvalue weighted by Crippen LogP contribution is -2.32. The van der Waals surface area contributed by atoms with Gasteiger partial charge in [0.1, 0.15) is 17.4 Å². The van der Waals surface area contributed by atoms with Gasteiger partial charge in [0, 0.05) is 18.5 Å². The van der Waals surface area contributed by atoms with Crippen LogP contribution in [-0.4, -0.2) is 23.8 Å². The van der Waals surface area contributed by atoms with Crippen LogP contribution in [0.3, 0.4) is 0 Å². The van der Waals surface area contributed by atoms with Crippen molar-refractivity contribution in [3.63, 3.8) is 0 Å². The van der Waals surface area contributed by atoms with Crippen LogP contribution in [0.15, 0.2) is 60.7 Å². The average molecular weight is 544 g/mol. The summed E-state index contributed by atoms with van der Waals surface area (Å²) in [4.78, 5) is 14.8. The Balaban J connectivity index is 1.61. The van der Waals surface area contributed by atoms with Crippen molar-refractivity contribution < 1.29 is 26.7 Å². The monoisotopic (exact) mass is 543 g/mol. The molecule has 0 bridgehead atoms. The van der Waals surface area contributed by atoms with Gasteiger partial charge < -0.3 is 0 Å². The molecule has 1 fully saturated rings. The highest BCUT2D eigenvalue weighted by molar-refractivity contribution is 5.84. The van der Waals surface area contributed by atoms with E-state index in [2.05, 4.69) is 24.8 Å². The fourth-order valence-corrected chi connectivity index (χ4v) is 5.52. The van der Waals surface area contributed by atoms with Crippen molar-refractivity contribution in [2.24, 2.45) is 5.92 Å². The first-order valence-electron chi connectivity index (χ1n) is 13.4. The number of likely N-dealkylation sites (tertiary alicyclic amines) is 1. The summed E-state index contributed by atoms with van der Waals surface area (Å²) in [7, 11) is 0. The SMILES string of the molecule is CC(=O)C(CC(C)C)c1cc(-c2ccc(C(F)(F)F)cc2)cc(C2CCN(Cc3cc(F)cc(F)c3)CC2)c1. The van der Waals surface area contributed by atoms with E-state index < -0.39 is 23.4 Å². The van der Waals surface area contributed by atoms with E-state index >= 15 is 0 Å². The molecule has 0 saturated carbocycles. The molecule has 1 aliphatic heterocycles. The summed E-state index contributed by atoms with van der Waals surface area (Å²) in [6.45, 7) is 7.66. The molecule has 7 heteroatoms. The van der Waals surface area contributed by atoms with Crippen LogP contribution in [0.5, 0.6) is 0 Å². The molecule has 39 heavy (non-hydrogen) atoms. The quantitative estimate of drug-likeness (QED) is 0.265. The normalized spacial score (nSPS) is 16.0. The number of piperidine rings is 1. The predicted molar refractivity (Wildman–Crippen MR) is 143 cm³/mol. The number of hydrogen-bond donors (Lipinski definition) is 0. The molecule has 4 rings (SSSR count). The maximum atomic E-state index is 13.6. The molecular formula is C32H34F5NO. The second-order valence-electron chi connectivity index (χ2n) is 11.1. The van der Waals surface area contributed by atoms with Crippen LogP contribution in [0.4, 0.5) is 22.0 Å². The van der Waals surface area contributed by atoms with Crippen molar-refractivity contribution in [1.82, 2.24) is 4.90 Å². The van der Waals surface area contributed by atoms with Gasteiger partial charge in [0.2, 0.25) is 0 Å². The molecule has 0 radical (unpaired) electrons. The summed E-state index contributed by atoms with van der Waals surface area (Å²) in [5, 5.41) is 0. The molecule has 208 valence electrons. The minimum Gasteiger partial charge on any atom is -0.299 e. The topological polar surface area (TPSA) is 20.3 Å². The molecule has 2 nitrogen and oxygen atoms in total. The summed E-state index contributed by atoms with van der Waals surface area (Å²) in [5.41, 5.74) is 3.31. The fourth-order valence-electron chi connectivity index (χ4n) is 5.52. The average Bonchev–Trinajstić information content (AvgIpc) is 2.86. The Bertz CT molecular complexity index is 1270. The summed E-state index contributed by atoms with van der Waals surface area (Å²) < 4.78 is 66.7. The van der Waals surface area contributed by atoms with Crippen molar-refractivity contribution in [2.45, 2.75) is 64.6 Å². The van der Waals surface area contributed by atoms with E-state index in [1.165, 1.54) is 24.3 Å². The van der Waals surface area contributed by atoms with Gasteiger partial charge in [-0.2, -0.15) is 13.2 Å². The molecule has 0 aliphatic carbocycles. The van der Waals surface area contributed by atoms with E-state index in [-0.39, 0.29) is 17.6 Å². The van der Waals surface area contributed by atoms with E-state index in [0.29, 0.717) is 30.0 Å². The van der Waals surface area contributed by atoms with Gasteiger partial charge in [-0.25, -0.2) is 8.78 Å². The number of rotatable bonds is 8. The van der Waals surface area contributed by atoms with Crippen LogP contribution >= 0.6 is 0 Å². The van der Waals surface area contributed by atoms with E-state index in [4.69, 9.17) is 0 Å². The predicted octanol–water partition coefficient (Wildman–Crippen LogP) is 8.75. The standard InChI is InChI=1S/C32H34F5NO/c1-20(2)12-31(21(3)39)27-16-25(23-4-6-28(7-5-23)32(35,36)37)15-26(17-27)24-8-10-38(11-9-24)19-22-13-29(33)18-30(34)14-22/h4-7,13-18,20,24,31H,8-12,19H2,1-3H3. The van der Waals surface area contributed by atoms with Gasteiger partial charge in [-0.15, -0.1) is 0 Å². The van der Waals surface area contributed by atoms with Crippen LogP contribution < -0.4 is 0 Å². The molecule has 3 aromatic carbocycles. The maximum Gasteiger partial charge on any atom is 0.416 e. The van der Waals surface area contributed by atoms with Crippen LogP contribution in [0.25, 0.3) is 11.1 Å². The van der Waals surface area contributed by atoms with Gasteiger partial charge in [0.25, 0.3) is 0 Å². The summed E-state index contributed by atoms with van der Waals surface area (Å²) >= 11 is 0. The minimum absolute atomic E-state index is 0.0661. The second kappa shape index (κ2) is 12.0. The lowest BCUT2D eigenvalue weighted by molar-refractivity contribution is -0.137. The lowest BCUT2D eigenvalue weighted by atomic mass is 9.81. The Morgan fingerprint density at radius 2 is 1.51 bits per heavy atom. The molecule has 1 atom stereocenters. The Kier molecular flexibility index (Phi) is 8.90. The minimum atomic E-state index is -4.41. The summed E-state index contributed by atoms with van der Waals surface area (Å²) in [5.74, 6) is -0.904. The van der Waals surface area contributed by atoms with Crippen molar-refractivity contribution >= 4 is 5.78 Å². The highest BCUT2D eigenvalue weighted by atomic mass is 19.4. The number of carbonyl (C=O) groups is 1. The van der Waals surface area contributed by atoms with E-state index in [1.54, 1.807) is 6.92 Å². The Hall–Kier alpha value is -3.06. The maximum absolute atomic E-state index is 13.6. The number of hydrogen-bond acceptors (Lipinski definition) is 2. The first-order chi connectivity index (χ1) is 18.4. The molecule has 0 spiro atoms. The van der Waals surface area contributed by atoms with Gasteiger partial charge in [-0.05, 0) is 103 Å². The number of halogens is 5. The van der Waals surface area contributed by atoms with Crippen molar-refractivity contribution in [2.75, 3.05) is 13.1 Å². The van der Waals surface area contributed by atoms with E-state index in [9.17, 15) is 26.7 Å². The third-order valence-corrected chi connectivity index (χ3v) is 7.51. The number of carbonyl (C=O) groups excluding carboxylic acids is 1. The Morgan fingerprint density at radius 1 is 0.897 bits per heavy atom. The van der Waals surface area contributed by atoms with Crippen molar-refractivity contribution in [1.29, 1.82) is 0 Å². The molecule has 1 heterocycles. The van der Waals surface area contributed by atoms with Crippen molar-refractivity contribution in [3.05, 3.63) is 94.6 Å². The molecule has 1 aliphatic rings. The van der Waals surface area contributed by atoms with Crippen LogP contribution in [0.2, 0.25) is 0 Å². The number of benzene rings is 3. The van der Waals surface area contributed by atoms with Gasteiger partial charge >= 0.3 is 6.18 Å². The van der Waals surface area contributed by atoms with E-state index in [0.717, 1.165) is 60.8 Å². The van der Waals surface area contributed by atoms with Gasteiger partial charge in [-0.1, -0.05) is 44.2 Å². The Labute approximate surface area is 226 Å². The largest absolute Gasteiger partial charge is 0.416 e.